The monoisotopic (exact) mass is 322 g/mol. The highest BCUT2D eigenvalue weighted by Gasteiger charge is 2.03. The van der Waals surface area contributed by atoms with Crippen LogP contribution < -0.4 is 16.2 Å². The predicted molar refractivity (Wildman–Crippen MR) is 86.4 cm³/mol. The summed E-state index contributed by atoms with van der Waals surface area (Å²) in [7, 11) is 0. The van der Waals surface area contributed by atoms with Crippen molar-refractivity contribution in [1.82, 2.24) is 0 Å². The zero-order chi connectivity index (χ0) is 15.2. The molecule has 0 spiro atoms. The zero-order valence-corrected chi connectivity index (χ0v) is 12.3. The van der Waals surface area contributed by atoms with Crippen molar-refractivity contribution in [2.75, 3.05) is 0 Å². The van der Waals surface area contributed by atoms with Gasteiger partial charge in [-0.2, -0.15) is 5.10 Å². The van der Waals surface area contributed by atoms with Crippen molar-refractivity contribution < 1.29 is 4.74 Å². The Morgan fingerprint density at radius 1 is 1.05 bits per heavy atom. The van der Waals surface area contributed by atoms with Crippen LogP contribution in [0.4, 0.5) is 0 Å². The van der Waals surface area contributed by atoms with Crippen LogP contribution in [0.5, 0.6) is 11.5 Å². The summed E-state index contributed by atoms with van der Waals surface area (Å²) < 4.78 is 5.66. The second-order valence-corrected chi connectivity index (χ2v) is 4.86. The minimum absolute atomic E-state index is 0.0939. The van der Waals surface area contributed by atoms with Crippen LogP contribution in [0, 0.1) is 0 Å². The summed E-state index contributed by atoms with van der Waals surface area (Å²) in [5.41, 5.74) is 11.2. The second kappa shape index (κ2) is 6.97. The fraction of sp³-hybridized carbons (Fsp3) is 0. The fourth-order valence-corrected chi connectivity index (χ4v) is 1.92. The molecule has 7 heteroatoms. The van der Waals surface area contributed by atoms with Gasteiger partial charge in [-0.1, -0.05) is 23.2 Å². The van der Waals surface area contributed by atoms with E-state index in [1.165, 1.54) is 6.21 Å². The van der Waals surface area contributed by atoms with Crippen molar-refractivity contribution in [3.63, 3.8) is 0 Å². The molecular weight excluding hydrogens is 311 g/mol. The molecule has 108 valence electrons. The zero-order valence-electron chi connectivity index (χ0n) is 10.8. The predicted octanol–water partition coefficient (Wildman–Crippen LogP) is 3.39. The fourth-order valence-electron chi connectivity index (χ4n) is 1.47. The maximum atomic E-state index is 6.04. The molecule has 0 saturated heterocycles. The third-order valence-corrected chi connectivity index (χ3v) is 2.91. The Morgan fingerprint density at radius 3 is 2.38 bits per heavy atom. The molecule has 2 aromatic carbocycles. The number of rotatable bonds is 4. The van der Waals surface area contributed by atoms with Crippen LogP contribution in [0.15, 0.2) is 52.7 Å². The van der Waals surface area contributed by atoms with Crippen molar-refractivity contribution >= 4 is 35.4 Å². The summed E-state index contributed by atoms with van der Waals surface area (Å²) in [5, 5.41) is 8.22. The first-order valence-electron chi connectivity index (χ1n) is 5.89. The van der Waals surface area contributed by atoms with Crippen molar-refractivity contribution in [2.24, 2.45) is 21.7 Å². The van der Waals surface area contributed by atoms with Gasteiger partial charge in [-0.05, 0) is 48.0 Å². The Balaban J connectivity index is 2.09. The van der Waals surface area contributed by atoms with Crippen molar-refractivity contribution in [3.8, 4) is 11.5 Å². The number of guanidine groups is 1. The highest BCUT2D eigenvalue weighted by atomic mass is 35.5. The minimum atomic E-state index is -0.0939. The van der Waals surface area contributed by atoms with Gasteiger partial charge < -0.3 is 16.2 Å². The van der Waals surface area contributed by atoms with E-state index in [1.54, 1.807) is 30.3 Å². The summed E-state index contributed by atoms with van der Waals surface area (Å²) in [6.07, 6.45) is 1.53. The van der Waals surface area contributed by atoms with Crippen LogP contribution in [-0.4, -0.2) is 12.2 Å². The molecule has 0 fully saturated rings. The van der Waals surface area contributed by atoms with Crippen LogP contribution in [0.3, 0.4) is 0 Å². The SMILES string of the molecule is NC(N)=NN=Cc1ccc(Oc2ccc(Cl)cc2Cl)cc1. The number of benzene rings is 2. The van der Waals surface area contributed by atoms with E-state index in [0.29, 0.717) is 21.5 Å². The molecule has 0 aliphatic carbocycles. The van der Waals surface area contributed by atoms with Crippen LogP contribution >= 0.6 is 23.2 Å². The lowest BCUT2D eigenvalue weighted by atomic mass is 10.2. The normalized spacial score (nSPS) is 10.6. The van der Waals surface area contributed by atoms with Crippen LogP contribution in [0.25, 0.3) is 0 Å². The van der Waals surface area contributed by atoms with Crippen molar-refractivity contribution in [2.45, 2.75) is 0 Å². The summed E-state index contributed by atoms with van der Waals surface area (Å²) in [6, 6.07) is 12.2. The van der Waals surface area contributed by atoms with E-state index in [-0.39, 0.29) is 5.96 Å². The summed E-state index contributed by atoms with van der Waals surface area (Å²) in [5.74, 6) is 1.07. The number of hydrogen-bond acceptors (Lipinski definition) is 3. The van der Waals surface area contributed by atoms with Gasteiger partial charge in [0.2, 0.25) is 5.96 Å². The minimum Gasteiger partial charge on any atom is -0.456 e. The number of hydrogen-bond donors (Lipinski definition) is 2. The van der Waals surface area contributed by atoms with E-state index < -0.39 is 0 Å². The quantitative estimate of drug-likeness (QED) is 0.514. The van der Waals surface area contributed by atoms with E-state index in [4.69, 9.17) is 39.4 Å². The molecule has 0 radical (unpaired) electrons. The maximum Gasteiger partial charge on any atom is 0.211 e. The van der Waals surface area contributed by atoms with Gasteiger partial charge in [0.05, 0.1) is 11.2 Å². The molecule has 0 unspecified atom stereocenters. The second-order valence-electron chi connectivity index (χ2n) is 4.02. The average molecular weight is 323 g/mol. The van der Waals surface area contributed by atoms with Gasteiger partial charge in [0.1, 0.15) is 11.5 Å². The van der Waals surface area contributed by atoms with Gasteiger partial charge >= 0.3 is 0 Å². The Bertz CT molecular complexity index is 680. The smallest absolute Gasteiger partial charge is 0.211 e. The Kier molecular flexibility index (Phi) is 5.03. The van der Waals surface area contributed by atoms with E-state index in [9.17, 15) is 0 Å². The molecule has 0 aliphatic rings. The van der Waals surface area contributed by atoms with E-state index >= 15 is 0 Å². The highest BCUT2D eigenvalue weighted by Crippen LogP contribution is 2.31. The molecule has 2 aromatic rings. The third kappa shape index (κ3) is 4.66. The largest absolute Gasteiger partial charge is 0.456 e. The molecule has 0 aromatic heterocycles. The summed E-state index contributed by atoms with van der Waals surface area (Å²) >= 11 is 11.9. The molecule has 5 nitrogen and oxygen atoms in total. The lowest BCUT2D eigenvalue weighted by Gasteiger charge is -2.07. The lowest BCUT2D eigenvalue weighted by molar-refractivity contribution is 0.483. The maximum absolute atomic E-state index is 6.04. The number of nitrogens with two attached hydrogens (primary N) is 2. The molecule has 0 bridgehead atoms. The summed E-state index contributed by atoms with van der Waals surface area (Å²) in [6.45, 7) is 0. The third-order valence-electron chi connectivity index (χ3n) is 2.38. The molecule has 0 atom stereocenters. The molecule has 4 N–H and O–H groups in total. The van der Waals surface area contributed by atoms with Crippen LogP contribution in [0.2, 0.25) is 10.0 Å². The molecule has 0 saturated carbocycles. The van der Waals surface area contributed by atoms with Crippen molar-refractivity contribution in [3.05, 3.63) is 58.1 Å². The molecule has 0 amide bonds. The van der Waals surface area contributed by atoms with Gasteiger partial charge in [-0.25, -0.2) is 0 Å². The number of halogens is 2. The first-order chi connectivity index (χ1) is 10.0. The van der Waals surface area contributed by atoms with Gasteiger partial charge in [0, 0.05) is 5.02 Å². The van der Waals surface area contributed by atoms with Crippen molar-refractivity contribution in [1.29, 1.82) is 0 Å². The van der Waals surface area contributed by atoms with Crippen LogP contribution in [-0.2, 0) is 0 Å². The Labute approximate surface area is 131 Å². The van der Waals surface area contributed by atoms with E-state index in [1.807, 2.05) is 12.1 Å². The van der Waals surface area contributed by atoms with E-state index in [0.717, 1.165) is 5.56 Å². The number of ether oxygens (including phenoxy) is 1. The van der Waals surface area contributed by atoms with Gasteiger partial charge in [0.15, 0.2) is 0 Å². The van der Waals surface area contributed by atoms with E-state index in [2.05, 4.69) is 10.2 Å². The first-order valence-corrected chi connectivity index (χ1v) is 6.65. The highest BCUT2D eigenvalue weighted by molar-refractivity contribution is 6.35. The average Bonchev–Trinajstić information content (AvgIpc) is 2.43. The molecular formula is C14H12Cl2N4O. The summed E-state index contributed by atoms with van der Waals surface area (Å²) in [4.78, 5) is 0. The Morgan fingerprint density at radius 2 is 1.76 bits per heavy atom. The topological polar surface area (TPSA) is 86.0 Å². The number of nitrogens with zero attached hydrogens (tertiary/aromatic N) is 2. The molecule has 2 rings (SSSR count). The molecule has 21 heavy (non-hydrogen) atoms. The standard InChI is InChI=1S/C14H12Cl2N4O/c15-10-3-6-13(12(16)7-10)21-11-4-1-9(2-5-11)8-19-20-14(17)18/h1-8H,(H4,17,18,20). The van der Waals surface area contributed by atoms with Gasteiger partial charge in [-0.15, -0.1) is 5.10 Å². The van der Waals surface area contributed by atoms with Gasteiger partial charge in [0.25, 0.3) is 0 Å². The first kappa shape index (κ1) is 15.2. The molecule has 0 aliphatic heterocycles. The Hall–Kier alpha value is -2.24. The van der Waals surface area contributed by atoms with Gasteiger partial charge in [-0.3, -0.25) is 0 Å². The van der Waals surface area contributed by atoms with Crippen LogP contribution in [0.1, 0.15) is 5.56 Å². The lowest BCUT2D eigenvalue weighted by Crippen LogP contribution is -2.21. The molecule has 0 heterocycles.